The number of rotatable bonds is 17. The van der Waals surface area contributed by atoms with E-state index in [1.807, 2.05) is 0 Å². The molecule has 8 aromatic heterocycles. The first-order valence-corrected chi connectivity index (χ1v) is 47.0. The second kappa shape index (κ2) is 39.7. The van der Waals surface area contributed by atoms with Gasteiger partial charge in [-0.15, -0.1) is 0 Å². The molecule has 0 saturated carbocycles. The fourth-order valence-corrected chi connectivity index (χ4v) is 21.7. The fourth-order valence-electron chi connectivity index (χ4n) is 21.7. The minimum absolute atomic E-state index is 0.111. The van der Waals surface area contributed by atoms with E-state index in [0.717, 1.165) is 0 Å². The highest BCUT2D eigenvalue weighted by atomic mass is 15.0. The number of aryl methyl sites for hydroxylation is 17. The molecule has 0 N–H and O–H groups in total. The van der Waals surface area contributed by atoms with Gasteiger partial charge in [0.15, 0.2) is 59.4 Å². The first-order valence-electron chi connectivity index (χ1n) is 47.0. The molecular formula is C125H138N8+8. The molecule has 0 bridgehead atoms. The van der Waals surface area contributed by atoms with Gasteiger partial charge < -0.3 is 0 Å². The fraction of sp³-hybridized carbons (Fsp3) is 0.248. The zero-order chi connectivity index (χ0) is 95.2. The van der Waals surface area contributed by atoms with E-state index < -0.39 is 5.41 Å². The molecule has 0 fully saturated rings. The topological polar surface area (TPSA) is 31.0 Å². The Balaban J connectivity index is 0.000000143. The highest BCUT2D eigenvalue weighted by molar-refractivity contribution is 5.75. The van der Waals surface area contributed by atoms with E-state index in [-0.39, 0.29) is 21.7 Å². The van der Waals surface area contributed by atoms with Crippen LogP contribution in [0.3, 0.4) is 0 Å². The average molecular weight is 1750 g/mol. The summed E-state index contributed by atoms with van der Waals surface area (Å²) in [6.07, 6.45) is 13.1. The Morgan fingerprint density at radius 1 is 0.203 bits per heavy atom. The number of benzene rings is 9. The molecule has 9 aromatic carbocycles. The van der Waals surface area contributed by atoms with E-state index in [4.69, 9.17) is 0 Å². The van der Waals surface area contributed by atoms with Gasteiger partial charge >= 0.3 is 0 Å². The van der Waals surface area contributed by atoms with E-state index in [9.17, 15) is 0 Å². The van der Waals surface area contributed by atoms with E-state index in [1.54, 1.807) is 0 Å². The van der Waals surface area contributed by atoms with Gasteiger partial charge in [-0.3, -0.25) is 0 Å². The smallest absolute Gasteiger partial charge is 0.204 e. The maximum Gasteiger partial charge on any atom is 0.277 e. The Hall–Kier alpha value is -13.8. The largest absolute Gasteiger partial charge is 0.277 e. The molecule has 8 heteroatoms. The van der Waals surface area contributed by atoms with Crippen LogP contribution in [0.2, 0.25) is 0 Å². The summed E-state index contributed by atoms with van der Waals surface area (Å²) in [5, 5.41) is 0. The van der Waals surface area contributed by atoms with Crippen molar-refractivity contribution < 1.29 is 36.5 Å². The molecule has 0 aliphatic rings. The molecule has 0 aliphatic carbocycles. The summed E-state index contributed by atoms with van der Waals surface area (Å²) in [5.41, 5.74) is 42.2. The lowest BCUT2D eigenvalue weighted by Gasteiger charge is -2.42. The van der Waals surface area contributed by atoms with Gasteiger partial charge in [0.25, 0.3) is 22.8 Å². The number of aromatic nitrogens is 8. The molecule has 0 unspecified atom stereocenters. The van der Waals surface area contributed by atoms with Gasteiger partial charge in [-0.1, -0.05) is 257 Å². The minimum Gasteiger partial charge on any atom is -0.204 e. The molecule has 8 heterocycles. The second-order valence-electron chi connectivity index (χ2n) is 38.5. The van der Waals surface area contributed by atoms with Crippen molar-refractivity contribution in [1.82, 2.24) is 0 Å². The number of hydrogen-bond acceptors (Lipinski definition) is 0. The van der Waals surface area contributed by atoms with Crippen LogP contribution in [0.4, 0.5) is 0 Å². The summed E-state index contributed by atoms with van der Waals surface area (Å²) in [7, 11) is 17.3. The molecule has 0 amide bonds. The maximum absolute atomic E-state index is 2.40. The van der Waals surface area contributed by atoms with Crippen molar-refractivity contribution in [2.45, 2.75) is 146 Å². The highest BCUT2D eigenvalue weighted by Crippen LogP contribution is 2.53. The predicted molar refractivity (Wildman–Crippen MR) is 546 cm³/mol. The molecule has 0 radical (unpaired) electrons. The summed E-state index contributed by atoms with van der Waals surface area (Å²) in [6.45, 7) is 40.7. The van der Waals surface area contributed by atoms with Crippen LogP contribution < -0.4 is 36.5 Å². The highest BCUT2D eigenvalue weighted by Gasteiger charge is 2.58. The number of nitrogens with zero attached hydrogens (tertiary/aromatic N) is 8. The summed E-state index contributed by atoms with van der Waals surface area (Å²) >= 11 is 0. The normalized spacial score (nSPS) is 11.7. The first-order chi connectivity index (χ1) is 63.6. The predicted octanol–water partition coefficient (Wildman–Crippen LogP) is 23.5. The first kappa shape index (κ1) is 95.3. The summed E-state index contributed by atoms with van der Waals surface area (Å²) in [4.78, 5) is 0. The summed E-state index contributed by atoms with van der Waals surface area (Å²) < 4.78 is 18.4. The molecule has 17 rings (SSSR count). The SMILES string of the molecule is Cc1cc(-c2cc(C)c(C)c[n+]2C)[n+](C)c(C(C)(c2ccccc2C)c2ccccc2C)c1.Cc1cc(-c2cccc(C(C)(c3ccccc3C)c3ccccc3C)[n+]2C)[n+](C)cc1C.Cc1ccccc1-c1cccc(C(c2cccc[n+]2C)(c2cccc[n+]2C)C(C)(C)C)c1C.Cc1ccccc1-c1cccc(C(c2ccccc2)(c2cccc[n+]2C)c2cccc[n+]2C)c1C. The van der Waals surface area contributed by atoms with Gasteiger partial charge in [0, 0.05) is 96.1 Å². The van der Waals surface area contributed by atoms with Crippen LogP contribution in [-0.2, 0) is 78.0 Å². The van der Waals surface area contributed by atoms with Crippen molar-refractivity contribution >= 4 is 0 Å². The Kier molecular flexibility index (Phi) is 28.4. The van der Waals surface area contributed by atoms with Crippen molar-refractivity contribution in [1.29, 1.82) is 0 Å². The monoisotopic (exact) mass is 1750 g/mol. The maximum atomic E-state index is 2.40. The Morgan fingerprint density at radius 3 is 0.902 bits per heavy atom. The van der Waals surface area contributed by atoms with E-state index in [1.165, 1.54) is 190 Å². The van der Waals surface area contributed by atoms with Crippen molar-refractivity contribution in [3.8, 4) is 45.0 Å². The van der Waals surface area contributed by atoms with Gasteiger partial charge in [0.1, 0.15) is 67.2 Å². The van der Waals surface area contributed by atoms with Crippen molar-refractivity contribution in [2.24, 2.45) is 61.8 Å². The zero-order valence-electron chi connectivity index (χ0n) is 83.7. The molecule has 0 aliphatic heterocycles. The molecule has 670 valence electrons. The molecule has 0 spiro atoms. The quantitative estimate of drug-likeness (QED) is 0.0814. The van der Waals surface area contributed by atoms with Crippen LogP contribution in [0.1, 0.15) is 180 Å². The van der Waals surface area contributed by atoms with Gasteiger partial charge in [0.2, 0.25) is 22.8 Å². The third-order valence-electron chi connectivity index (χ3n) is 28.9. The van der Waals surface area contributed by atoms with Crippen molar-refractivity contribution in [3.63, 3.8) is 0 Å². The lowest BCUT2D eigenvalue weighted by atomic mass is 9.57. The number of hydrogen-bond donors (Lipinski definition) is 0. The van der Waals surface area contributed by atoms with Gasteiger partial charge in [-0.25, -0.2) is 18.3 Å². The minimum atomic E-state index is -0.518. The Labute approximate surface area is 794 Å². The van der Waals surface area contributed by atoms with E-state index >= 15 is 0 Å². The third kappa shape index (κ3) is 18.1. The van der Waals surface area contributed by atoms with Gasteiger partial charge in [0.05, 0.1) is 0 Å². The van der Waals surface area contributed by atoms with Crippen molar-refractivity contribution in [2.75, 3.05) is 0 Å². The van der Waals surface area contributed by atoms with Crippen LogP contribution in [-0.4, -0.2) is 0 Å². The lowest BCUT2D eigenvalue weighted by molar-refractivity contribution is -0.698. The molecule has 0 atom stereocenters. The molecular weight excluding hydrogens is 1610 g/mol. The third-order valence-corrected chi connectivity index (χ3v) is 28.9. The average Bonchev–Trinajstić information content (AvgIpc) is 0.726. The van der Waals surface area contributed by atoms with Crippen molar-refractivity contribution in [3.05, 3.63) is 510 Å². The molecule has 133 heavy (non-hydrogen) atoms. The van der Waals surface area contributed by atoms with Crippen LogP contribution in [0.5, 0.6) is 0 Å². The lowest BCUT2D eigenvalue weighted by Crippen LogP contribution is -2.56. The van der Waals surface area contributed by atoms with Gasteiger partial charge in [-0.2, -0.15) is 18.3 Å². The molecule has 8 nitrogen and oxygen atoms in total. The second-order valence-corrected chi connectivity index (χ2v) is 38.5. The van der Waals surface area contributed by atoms with Crippen LogP contribution in [0.25, 0.3) is 45.0 Å². The zero-order valence-corrected chi connectivity index (χ0v) is 83.7. The van der Waals surface area contributed by atoms with Crippen LogP contribution >= 0.6 is 0 Å². The Bertz CT molecular complexity index is 6940. The van der Waals surface area contributed by atoms with E-state index in [2.05, 4.69) is 582 Å². The number of pyridine rings is 8. The van der Waals surface area contributed by atoms with E-state index in [0.29, 0.717) is 0 Å². The van der Waals surface area contributed by atoms with Crippen LogP contribution in [0, 0.1) is 95.4 Å². The Morgan fingerprint density at radius 2 is 0.511 bits per heavy atom. The van der Waals surface area contributed by atoms with Crippen LogP contribution in [0.15, 0.2) is 365 Å². The summed E-state index contributed by atoms with van der Waals surface area (Å²) in [6, 6.07) is 119. The standard InChI is InChI=1S/C33H32N2.2C31H36N2.C30H34N2/c1-25-15-8-9-18-28(25)29-19-14-20-30(26(29)2)33(27-16-6-5-7-17-27,31-21-10-12-23-34(31)3)32-22-11-13-24-35(32)4;1-21-17-29(28-19-24(4)25(5)20-32(28)7)33(8)30(18-21)31(6,26-15-11-9-13-22(26)2)27-16-12-10-14-23(27)3;1-23-15-8-9-16-25(23)26-17-14-18-27(24(26)2)31(30(3,4)5,28-19-10-12-21-32(28)6)29-20-11-13-22-33(29)7;1-21-13-8-10-15-25(21)30(5,26-16-11-9-14-22(26)2)29-18-12-17-27(32(29)7)28-19-23(3)24(4)20-31(28)6/h5-24H,1-4H3;9-20H,1-8H3;8-22H,1-7H3;8-20H,1-7H3/q4*+2. The molecule has 17 aromatic rings. The summed E-state index contributed by atoms with van der Waals surface area (Å²) in [5.74, 6) is 0. The van der Waals surface area contributed by atoms with Gasteiger partial charge in [-0.05, 0) is 238 Å². The molecule has 0 saturated heterocycles.